The molecule has 1 aromatic heterocycles. The molecule has 0 amide bonds. The van der Waals surface area contributed by atoms with Crippen LogP contribution in [0.1, 0.15) is 23.0 Å². The average molecular weight is 318 g/mol. The van der Waals surface area contributed by atoms with Gasteiger partial charge in [-0.15, -0.1) is 11.3 Å². The van der Waals surface area contributed by atoms with Gasteiger partial charge >= 0.3 is 5.97 Å². The van der Waals surface area contributed by atoms with Crippen molar-refractivity contribution in [2.24, 2.45) is 11.7 Å². The van der Waals surface area contributed by atoms with Crippen LogP contribution in [0.3, 0.4) is 0 Å². The van der Waals surface area contributed by atoms with Gasteiger partial charge < -0.3 is 10.5 Å². The number of thiophene rings is 1. The third kappa shape index (κ3) is 2.73. The highest BCUT2D eigenvalue weighted by Crippen LogP contribution is 2.30. The molecule has 1 aliphatic rings. The highest BCUT2D eigenvalue weighted by molar-refractivity contribution is 7.89. The summed E-state index contributed by atoms with van der Waals surface area (Å²) in [5.74, 6) is -0.466. The summed E-state index contributed by atoms with van der Waals surface area (Å²) in [5, 5.41) is 1.58. The Morgan fingerprint density at radius 2 is 2.30 bits per heavy atom. The summed E-state index contributed by atoms with van der Waals surface area (Å²) in [5.41, 5.74) is 5.83. The predicted octanol–water partition coefficient (Wildman–Crippen LogP) is 0.893. The number of nitrogens with two attached hydrogens (primary N) is 1. The lowest BCUT2D eigenvalue weighted by Gasteiger charge is -2.18. The smallest absolute Gasteiger partial charge is 0.349 e. The zero-order valence-electron chi connectivity index (χ0n) is 11.4. The number of ether oxygens (including phenoxy) is 1. The molecule has 1 fully saturated rings. The third-order valence-electron chi connectivity index (χ3n) is 3.55. The van der Waals surface area contributed by atoms with E-state index in [2.05, 4.69) is 4.74 Å². The van der Waals surface area contributed by atoms with Crippen molar-refractivity contribution < 1.29 is 17.9 Å². The molecule has 1 aliphatic heterocycles. The van der Waals surface area contributed by atoms with Gasteiger partial charge in [0.15, 0.2) is 0 Å². The van der Waals surface area contributed by atoms with E-state index in [0.717, 1.165) is 17.8 Å². The molecule has 2 unspecified atom stereocenters. The first-order chi connectivity index (χ1) is 9.37. The molecule has 20 heavy (non-hydrogen) atoms. The minimum atomic E-state index is -3.66. The summed E-state index contributed by atoms with van der Waals surface area (Å²) < 4.78 is 31.2. The fraction of sp³-hybridized carbons (Fsp3) is 0.583. The van der Waals surface area contributed by atoms with Crippen LogP contribution in [0, 0.1) is 5.92 Å². The van der Waals surface area contributed by atoms with Crippen molar-refractivity contribution in [2.75, 3.05) is 20.2 Å². The lowest BCUT2D eigenvalue weighted by atomic mass is 10.0. The van der Waals surface area contributed by atoms with Gasteiger partial charge in [0.25, 0.3) is 0 Å². The second-order valence-electron chi connectivity index (χ2n) is 4.88. The molecule has 8 heteroatoms. The van der Waals surface area contributed by atoms with E-state index in [1.54, 1.807) is 5.38 Å². The second-order valence-corrected chi connectivity index (χ2v) is 7.70. The zero-order chi connectivity index (χ0) is 14.9. The van der Waals surface area contributed by atoms with Gasteiger partial charge in [-0.05, 0) is 30.7 Å². The van der Waals surface area contributed by atoms with Crippen LogP contribution in [-0.4, -0.2) is 44.9 Å². The Balaban J connectivity index is 2.28. The van der Waals surface area contributed by atoms with E-state index >= 15 is 0 Å². The maximum Gasteiger partial charge on any atom is 0.349 e. The third-order valence-corrected chi connectivity index (χ3v) is 6.48. The molecule has 0 bridgehead atoms. The number of carbonyl (C=O) groups is 1. The Morgan fingerprint density at radius 3 is 2.85 bits per heavy atom. The van der Waals surface area contributed by atoms with Crippen molar-refractivity contribution in [2.45, 2.75) is 24.3 Å². The van der Waals surface area contributed by atoms with Crippen LogP contribution >= 0.6 is 11.3 Å². The van der Waals surface area contributed by atoms with E-state index in [-0.39, 0.29) is 21.7 Å². The number of sulfonamides is 1. The van der Waals surface area contributed by atoms with Crippen LogP contribution in [0.15, 0.2) is 16.3 Å². The minimum Gasteiger partial charge on any atom is -0.465 e. The van der Waals surface area contributed by atoms with Crippen LogP contribution in [0.5, 0.6) is 0 Å². The molecule has 112 valence electrons. The topological polar surface area (TPSA) is 89.7 Å². The molecule has 2 heterocycles. The second kappa shape index (κ2) is 5.80. The SMILES string of the molecule is COC(=O)c1sccc1S(=O)(=O)N1CCC(C(C)N)C1. The fourth-order valence-electron chi connectivity index (χ4n) is 2.28. The highest BCUT2D eigenvalue weighted by atomic mass is 32.2. The summed E-state index contributed by atoms with van der Waals surface area (Å²) in [6, 6.07) is 1.41. The van der Waals surface area contributed by atoms with E-state index in [4.69, 9.17) is 5.73 Å². The first kappa shape index (κ1) is 15.4. The maximum atomic E-state index is 12.6. The zero-order valence-corrected chi connectivity index (χ0v) is 13.0. The highest BCUT2D eigenvalue weighted by Gasteiger charge is 2.36. The van der Waals surface area contributed by atoms with Crippen LogP contribution in [-0.2, 0) is 14.8 Å². The first-order valence-corrected chi connectivity index (χ1v) is 8.61. The summed E-state index contributed by atoms with van der Waals surface area (Å²) >= 11 is 1.07. The Hall–Kier alpha value is -0.960. The van der Waals surface area contributed by atoms with Gasteiger partial charge in [0.2, 0.25) is 10.0 Å². The number of nitrogens with zero attached hydrogens (tertiary/aromatic N) is 1. The molecular formula is C12H18N2O4S2. The monoisotopic (exact) mass is 318 g/mol. The van der Waals surface area contributed by atoms with Crippen LogP contribution in [0.4, 0.5) is 0 Å². The molecule has 1 saturated heterocycles. The molecule has 2 N–H and O–H groups in total. The largest absolute Gasteiger partial charge is 0.465 e. The van der Waals surface area contributed by atoms with E-state index in [1.807, 2.05) is 6.92 Å². The molecule has 2 atom stereocenters. The van der Waals surface area contributed by atoms with Gasteiger partial charge in [0, 0.05) is 19.1 Å². The van der Waals surface area contributed by atoms with Crippen molar-refractivity contribution in [3.8, 4) is 0 Å². The van der Waals surface area contributed by atoms with Crippen molar-refractivity contribution >= 4 is 27.3 Å². The molecule has 0 spiro atoms. The van der Waals surface area contributed by atoms with Gasteiger partial charge in [0.05, 0.1) is 7.11 Å². The fourth-order valence-corrected chi connectivity index (χ4v) is 5.10. The average Bonchev–Trinajstić information content (AvgIpc) is 3.06. The van der Waals surface area contributed by atoms with Gasteiger partial charge in [0.1, 0.15) is 9.77 Å². The summed E-state index contributed by atoms with van der Waals surface area (Å²) in [4.78, 5) is 11.8. The summed E-state index contributed by atoms with van der Waals surface area (Å²) in [6.45, 7) is 2.71. The lowest BCUT2D eigenvalue weighted by molar-refractivity contribution is 0.0602. The van der Waals surface area contributed by atoms with Crippen LogP contribution in [0.25, 0.3) is 0 Å². The number of esters is 1. The number of rotatable bonds is 4. The van der Waals surface area contributed by atoms with Crippen molar-refractivity contribution in [3.63, 3.8) is 0 Å². The number of hydrogen-bond donors (Lipinski definition) is 1. The number of methoxy groups -OCH3 is 1. The van der Waals surface area contributed by atoms with E-state index < -0.39 is 16.0 Å². The molecule has 1 aromatic rings. The predicted molar refractivity (Wildman–Crippen MR) is 76.2 cm³/mol. The number of hydrogen-bond acceptors (Lipinski definition) is 6. The van der Waals surface area contributed by atoms with Crippen molar-refractivity contribution in [1.29, 1.82) is 0 Å². The molecule has 2 rings (SSSR count). The van der Waals surface area contributed by atoms with Gasteiger partial charge in [-0.1, -0.05) is 0 Å². The molecule has 0 aromatic carbocycles. The Labute approximate surface area is 122 Å². The summed E-state index contributed by atoms with van der Waals surface area (Å²) in [6.07, 6.45) is 0.745. The Morgan fingerprint density at radius 1 is 1.60 bits per heavy atom. The van der Waals surface area contributed by atoms with Crippen molar-refractivity contribution in [1.82, 2.24) is 4.31 Å². The van der Waals surface area contributed by atoms with Gasteiger partial charge in [-0.25, -0.2) is 13.2 Å². The van der Waals surface area contributed by atoms with Gasteiger partial charge in [-0.2, -0.15) is 4.31 Å². The Kier molecular flexibility index (Phi) is 4.48. The van der Waals surface area contributed by atoms with E-state index in [1.165, 1.54) is 17.5 Å². The molecule has 0 saturated carbocycles. The van der Waals surface area contributed by atoms with E-state index in [9.17, 15) is 13.2 Å². The minimum absolute atomic E-state index is 0.0275. The molecule has 0 aliphatic carbocycles. The van der Waals surface area contributed by atoms with Crippen molar-refractivity contribution in [3.05, 3.63) is 16.3 Å². The maximum absolute atomic E-state index is 12.6. The standard InChI is InChI=1S/C12H18N2O4S2/c1-8(13)9-3-5-14(7-9)20(16,17)10-4-6-19-11(10)12(15)18-2/h4,6,8-9H,3,5,7,13H2,1-2H3. The lowest BCUT2D eigenvalue weighted by Crippen LogP contribution is -2.33. The molecule has 6 nitrogen and oxygen atoms in total. The molecule has 0 radical (unpaired) electrons. The van der Waals surface area contributed by atoms with E-state index in [0.29, 0.717) is 13.1 Å². The first-order valence-electron chi connectivity index (χ1n) is 6.29. The number of carbonyl (C=O) groups excluding carboxylic acids is 1. The van der Waals surface area contributed by atoms with Crippen LogP contribution in [0.2, 0.25) is 0 Å². The van der Waals surface area contributed by atoms with Crippen LogP contribution < -0.4 is 5.73 Å². The van der Waals surface area contributed by atoms with Gasteiger partial charge in [-0.3, -0.25) is 0 Å². The normalized spacial score (nSPS) is 21.9. The summed E-state index contributed by atoms with van der Waals surface area (Å²) in [7, 11) is -2.42. The molecular weight excluding hydrogens is 300 g/mol. The Bertz CT molecular complexity index is 594. The quantitative estimate of drug-likeness (QED) is 0.833.